The van der Waals surface area contributed by atoms with Gasteiger partial charge in [-0.2, -0.15) is 0 Å². The molecular formula is C19H23NO5. The van der Waals surface area contributed by atoms with Crippen LogP contribution in [-0.4, -0.2) is 42.5 Å². The second kappa shape index (κ2) is 8.00. The van der Waals surface area contributed by atoms with Crippen LogP contribution in [0, 0.1) is 0 Å². The first-order chi connectivity index (χ1) is 11.9. The lowest BCUT2D eigenvalue weighted by Gasteiger charge is -2.31. The van der Waals surface area contributed by atoms with Crippen molar-refractivity contribution < 1.29 is 24.5 Å². The number of hydrogen-bond acceptors (Lipinski definition) is 5. The van der Waals surface area contributed by atoms with Gasteiger partial charge in [0.2, 0.25) is 0 Å². The zero-order valence-electron chi connectivity index (χ0n) is 14.5. The smallest absolute Gasteiger partial charge is 0.326 e. The molecule has 3 N–H and O–H groups in total. The van der Waals surface area contributed by atoms with Crippen molar-refractivity contribution in [2.45, 2.75) is 18.5 Å². The number of nitrogens with one attached hydrogen (secondary N) is 1. The maximum Gasteiger partial charge on any atom is 0.326 e. The standard InChI is InChI=1S/C19H23NO5/c1-19(12-21,18(22)23)20-17(13-4-8-15(24-2)9-5-13)14-6-10-16(25-3)11-7-14/h4-11,17,20-21H,12H2,1-3H3,(H,22,23). The van der Waals surface area contributed by atoms with Gasteiger partial charge in [-0.1, -0.05) is 24.3 Å². The van der Waals surface area contributed by atoms with Crippen LogP contribution in [0.15, 0.2) is 48.5 Å². The third-order valence-corrected chi connectivity index (χ3v) is 4.15. The van der Waals surface area contributed by atoms with Crippen molar-refractivity contribution in [2.24, 2.45) is 0 Å². The van der Waals surface area contributed by atoms with Gasteiger partial charge >= 0.3 is 5.97 Å². The number of aliphatic hydroxyl groups is 1. The maximum atomic E-state index is 11.6. The van der Waals surface area contributed by atoms with Crippen molar-refractivity contribution >= 4 is 5.97 Å². The molecular weight excluding hydrogens is 322 g/mol. The summed E-state index contributed by atoms with van der Waals surface area (Å²) in [5.74, 6) is 0.294. The Morgan fingerprint density at radius 2 is 1.40 bits per heavy atom. The van der Waals surface area contributed by atoms with Gasteiger partial charge in [-0.25, -0.2) is 0 Å². The summed E-state index contributed by atoms with van der Waals surface area (Å²) in [7, 11) is 3.17. The number of carboxylic acids is 1. The number of carbonyl (C=O) groups is 1. The van der Waals surface area contributed by atoms with Crippen LogP contribution in [0.25, 0.3) is 0 Å². The molecule has 6 heteroatoms. The molecule has 0 fully saturated rings. The Bertz CT molecular complexity index is 651. The molecule has 2 rings (SSSR count). The fraction of sp³-hybridized carbons (Fsp3) is 0.316. The molecule has 0 bridgehead atoms. The second-order valence-electron chi connectivity index (χ2n) is 5.92. The minimum absolute atomic E-state index is 0.426. The summed E-state index contributed by atoms with van der Waals surface area (Å²) in [6.45, 7) is 0.917. The molecule has 25 heavy (non-hydrogen) atoms. The molecule has 0 amide bonds. The fourth-order valence-corrected chi connectivity index (χ4v) is 2.45. The molecule has 6 nitrogen and oxygen atoms in total. The van der Waals surface area contributed by atoms with Gasteiger partial charge in [0.15, 0.2) is 0 Å². The highest BCUT2D eigenvalue weighted by molar-refractivity contribution is 5.78. The van der Waals surface area contributed by atoms with Crippen molar-refractivity contribution in [3.8, 4) is 11.5 Å². The van der Waals surface area contributed by atoms with E-state index in [9.17, 15) is 15.0 Å². The lowest BCUT2D eigenvalue weighted by Crippen LogP contribution is -2.54. The maximum absolute atomic E-state index is 11.6. The van der Waals surface area contributed by atoms with Crippen LogP contribution in [0.3, 0.4) is 0 Å². The van der Waals surface area contributed by atoms with Gasteiger partial charge in [0.1, 0.15) is 17.0 Å². The highest BCUT2D eigenvalue weighted by atomic mass is 16.5. The summed E-state index contributed by atoms with van der Waals surface area (Å²) in [5, 5.41) is 22.1. The third-order valence-electron chi connectivity index (χ3n) is 4.15. The van der Waals surface area contributed by atoms with E-state index in [2.05, 4.69) is 5.32 Å². The van der Waals surface area contributed by atoms with Crippen molar-refractivity contribution in [1.82, 2.24) is 5.32 Å². The van der Waals surface area contributed by atoms with E-state index in [0.717, 1.165) is 11.1 Å². The first-order valence-corrected chi connectivity index (χ1v) is 7.83. The molecule has 0 aromatic heterocycles. The second-order valence-corrected chi connectivity index (χ2v) is 5.92. The van der Waals surface area contributed by atoms with Crippen LogP contribution in [-0.2, 0) is 4.79 Å². The minimum Gasteiger partial charge on any atom is -0.497 e. The average molecular weight is 345 g/mol. The van der Waals surface area contributed by atoms with Crippen molar-refractivity contribution in [2.75, 3.05) is 20.8 Å². The first-order valence-electron chi connectivity index (χ1n) is 7.83. The summed E-state index contributed by atoms with van der Waals surface area (Å²) in [6.07, 6.45) is 0. The van der Waals surface area contributed by atoms with E-state index in [1.165, 1.54) is 6.92 Å². The number of ether oxygens (including phenoxy) is 2. The van der Waals surface area contributed by atoms with E-state index >= 15 is 0 Å². The number of aliphatic carboxylic acids is 1. The Balaban J connectivity index is 2.43. The molecule has 0 saturated carbocycles. The molecule has 0 spiro atoms. The Morgan fingerprint density at radius 1 is 1.00 bits per heavy atom. The van der Waals surface area contributed by atoms with Crippen molar-refractivity contribution in [3.63, 3.8) is 0 Å². The highest BCUT2D eigenvalue weighted by Crippen LogP contribution is 2.28. The lowest BCUT2D eigenvalue weighted by molar-refractivity contribution is -0.146. The van der Waals surface area contributed by atoms with E-state index in [1.54, 1.807) is 14.2 Å². The Kier molecular flexibility index (Phi) is 6.01. The lowest BCUT2D eigenvalue weighted by atomic mass is 9.94. The molecule has 2 aromatic carbocycles. The van der Waals surface area contributed by atoms with Crippen molar-refractivity contribution in [1.29, 1.82) is 0 Å². The number of methoxy groups -OCH3 is 2. The van der Waals surface area contributed by atoms with Gasteiger partial charge in [-0.3, -0.25) is 10.1 Å². The molecule has 2 aromatic rings. The summed E-state index contributed by atoms with van der Waals surface area (Å²) < 4.78 is 10.3. The van der Waals surface area contributed by atoms with E-state index < -0.39 is 24.2 Å². The number of carboxylic acid groups (broad SMARTS) is 1. The SMILES string of the molecule is COc1ccc(C(NC(C)(CO)C(=O)O)c2ccc(OC)cc2)cc1. The molecule has 0 aliphatic carbocycles. The zero-order chi connectivity index (χ0) is 18.4. The molecule has 0 aliphatic rings. The van der Waals surface area contributed by atoms with E-state index in [1.807, 2.05) is 48.5 Å². The number of benzene rings is 2. The summed E-state index contributed by atoms with van der Waals surface area (Å²) in [5.41, 5.74) is 0.226. The monoisotopic (exact) mass is 345 g/mol. The average Bonchev–Trinajstić information content (AvgIpc) is 2.66. The van der Waals surface area contributed by atoms with E-state index in [4.69, 9.17) is 9.47 Å². The van der Waals surface area contributed by atoms with Crippen LogP contribution in [0.5, 0.6) is 11.5 Å². The predicted molar refractivity (Wildman–Crippen MR) is 94.1 cm³/mol. The molecule has 134 valence electrons. The Hall–Kier alpha value is -2.57. The summed E-state index contributed by atoms with van der Waals surface area (Å²) in [4.78, 5) is 11.6. The number of hydrogen-bond donors (Lipinski definition) is 3. The molecule has 0 saturated heterocycles. The highest BCUT2D eigenvalue weighted by Gasteiger charge is 2.35. The molecule has 0 heterocycles. The number of rotatable bonds is 8. The van der Waals surface area contributed by atoms with Crippen LogP contribution in [0.1, 0.15) is 24.1 Å². The fourth-order valence-electron chi connectivity index (χ4n) is 2.45. The van der Waals surface area contributed by atoms with Gasteiger partial charge in [0.05, 0.1) is 26.9 Å². The molecule has 1 atom stereocenters. The van der Waals surface area contributed by atoms with Gasteiger partial charge in [0, 0.05) is 0 Å². The van der Waals surface area contributed by atoms with Gasteiger partial charge in [-0.15, -0.1) is 0 Å². The van der Waals surface area contributed by atoms with Crippen molar-refractivity contribution in [3.05, 3.63) is 59.7 Å². The Morgan fingerprint density at radius 3 is 1.68 bits per heavy atom. The van der Waals surface area contributed by atoms with E-state index in [-0.39, 0.29) is 0 Å². The minimum atomic E-state index is -1.48. The summed E-state index contributed by atoms with van der Waals surface area (Å²) >= 11 is 0. The predicted octanol–water partition coefficient (Wildman–Crippen LogP) is 2.22. The third kappa shape index (κ3) is 4.29. The van der Waals surface area contributed by atoms with Crippen LogP contribution in [0.4, 0.5) is 0 Å². The molecule has 1 unspecified atom stereocenters. The zero-order valence-corrected chi connectivity index (χ0v) is 14.5. The van der Waals surface area contributed by atoms with Crippen LogP contribution >= 0.6 is 0 Å². The Labute approximate surface area is 147 Å². The van der Waals surface area contributed by atoms with Gasteiger partial charge in [0.25, 0.3) is 0 Å². The topological polar surface area (TPSA) is 88.0 Å². The van der Waals surface area contributed by atoms with Crippen LogP contribution < -0.4 is 14.8 Å². The largest absolute Gasteiger partial charge is 0.497 e. The first kappa shape index (κ1) is 18.8. The number of aliphatic hydroxyl groups excluding tert-OH is 1. The van der Waals surface area contributed by atoms with E-state index in [0.29, 0.717) is 11.5 Å². The summed E-state index contributed by atoms with van der Waals surface area (Å²) in [6, 6.07) is 14.3. The van der Waals surface area contributed by atoms with Gasteiger partial charge in [-0.05, 0) is 42.3 Å². The normalized spacial score (nSPS) is 13.3. The van der Waals surface area contributed by atoms with Crippen LogP contribution in [0.2, 0.25) is 0 Å². The molecule has 0 aliphatic heterocycles. The quantitative estimate of drug-likeness (QED) is 0.680. The molecule has 0 radical (unpaired) electrons. The van der Waals surface area contributed by atoms with Gasteiger partial charge < -0.3 is 19.7 Å².